The average Bonchev–Trinajstić information content (AvgIpc) is 3.52. The summed E-state index contributed by atoms with van der Waals surface area (Å²) >= 11 is 5.40. The predicted octanol–water partition coefficient (Wildman–Crippen LogP) is 2.84. The minimum atomic E-state index is -0.319. The predicted molar refractivity (Wildman–Crippen MR) is 151 cm³/mol. The van der Waals surface area contributed by atoms with Gasteiger partial charge in [0.2, 0.25) is 0 Å². The Labute approximate surface area is 228 Å². The number of rotatable bonds is 9. The van der Waals surface area contributed by atoms with E-state index in [0.717, 1.165) is 48.5 Å². The van der Waals surface area contributed by atoms with E-state index in [1.54, 1.807) is 7.05 Å². The molecule has 2 fully saturated rings. The van der Waals surface area contributed by atoms with Crippen LogP contribution in [-0.4, -0.2) is 77.2 Å². The van der Waals surface area contributed by atoms with E-state index < -0.39 is 0 Å². The van der Waals surface area contributed by atoms with Crippen LogP contribution in [0.5, 0.6) is 0 Å². The van der Waals surface area contributed by atoms with Crippen LogP contribution in [0.3, 0.4) is 0 Å². The number of aromatic nitrogens is 3. The van der Waals surface area contributed by atoms with Gasteiger partial charge in [-0.3, -0.25) is 4.79 Å². The fourth-order valence-electron chi connectivity index (χ4n) is 5.07. The molecule has 5 rings (SSSR count). The van der Waals surface area contributed by atoms with Crippen molar-refractivity contribution in [3.8, 4) is 11.4 Å². The summed E-state index contributed by atoms with van der Waals surface area (Å²) in [4.78, 5) is 19.4. The number of anilines is 2. The fourth-order valence-corrected chi connectivity index (χ4v) is 5.29. The molecule has 2 aliphatic rings. The second-order valence-electron chi connectivity index (χ2n) is 10.1. The highest BCUT2D eigenvalue weighted by atomic mass is 32.1. The molecule has 0 amide bonds. The van der Waals surface area contributed by atoms with Gasteiger partial charge < -0.3 is 30.3 Å². The van der Waals surface area contributed by atoms with Crippen molar-refractivity contribution in [1.29, 1.82) is 0 Å². The molecule has 0 saturated carbocycles. The number of nitrogens with one attached hydrogen (secondary N) is 3. The van der Waals surface area contributed by atoms with Crippen molar-refractivity contribution in [2.75, 3.05) is 43.5 Å². The molecule has 4 heterocycles. The van der Waals surface area contributed by atoms with Crippen LogP contribution < -0.4 is 20.9 Å². The van der Waals surface area contributed by atoms with Crippen molar-refractivity contribution in [3.05, 3.63) is 42.6 Å². The van der Waals surface area contributed by atoms with Gasteiger partial charge in [0.05, 0.1) is 18.8 Å². The summed E-state index contributed by atoms with van der Waals surface area (Å²) in [7, 11) is 1.76. The Hall–Kier alpha value is -3.28. The summed E-state index contributed by atoms with van der Waals surface area (Å²) in [6.07, 6.45) is 4.74. The summed E-state index contributed by atoms with van der Waals surface area (Å²) in [6.45, 7) is 6.31. The van der Waals surface area contributed by atoms with Crippen molar-refractivity contribution in [3.63, 3.8) is 0 Å². The van der Waals surface area contributed by atoms with E-state index in [1.807, 2.05) is 54.9 Å². The minimum absolute atomic E-state index is 0.155. The van der Waals surface area contributed by atoms with Crippen LogP contribution in [0.15, 0.2) is 42.6 Å². The Morgan fingerprint density at radius 1 is 1.18 bits per heavy atom. The molecule has 3 aromatic rings. The first-order valence-electron chi connectivity index (χ1n) is 13.2. The Balaban J connectivity index is 1.19. The van der Waals surface area contributed by atoms with Gasteiger partial charge >= 0.3 is 5.97 Å². The maximum atomic E-state index is 12.1. The molecule has 2 aliphatic heterocycles. The lowest BCUT2D eigenvalue weighted by molar-refractivity contribution is -0.147. The number of likely N-dealkylation sites (N-methyl/N-ethyl adjacent to an activating group) is 1. The van der Waals surface area contributed by atoms with E-state index in [2.05, 4.69) is 26.9 Å². The van der Waals surface area contributed by atoms with Crippen molar-refractivity contribution >= 4 is 40.3 Å². The highest BCUT2D eigenvalue weighted by molar-refractivity contribution is 7.80. The number of hydrogen-bond donors (Lipinski definition) is 3. The van der Waals surface area contributed by atoms with Gasteiger partial charge in [0.25, 0.3) is 0 Å². The number of hydrogen-bond acceptors (Lipinski definition) is 8. The normalized spacial score (nSPS) is 19.5. The van der Waals surface area contributed by atoms with Crippen LogP contribution in [0.25, 0.3) is 16.9 Å². The first-order chi connectivity index (χ1) is 18.4. The van der Waals surface area contributed by atoms with Gasteiger partial charge in [0.15, 0.2) is 16.8 Å². The molecule has 0 radical (unpaired) electrons. The molecule has 0 spiro atoms. The summed E-state index contributed by atoms with van der Waals surface area (Å²) in [5, 5.41) is 14.4. The van der Waals surface area contributed by atoms with Crippen LogP contribution in [0, 0.1) is 5.92 Å². The quantitative estimate of drug-likeness (QED) is 0.214. The van der Waals surface area contributed by atoms with Crippen molar-refractivity contribution in [2.45, 2.75) is 44.9 Å². The Morgan fingerprint density at radius 2 is 1.92 bits per heavy atom. The molecule has 1 aromatic carbocycles. The van der Waals surface area contributed by atoms with E-state index in [9.17, 15) is 4.79 Å². The summed E-state index contributed by atoms with van der Waals surface area (Å²) in [6, 6.07) is 11.6. The summed E-state index contributed by atoms with van der Waals surface area (Å²) in [5.41, 5.74) is 2.75. The number of benzene rings is 1. The maximum absolute atomic E-state index is 12.1. The van der Waals surface area contributed by atoms with Crippen molar-refractivity contribution < 1.29 is 14.3 Å². The van der Waals surface area contributed by atoms with E-state index in [1.165, 1.54) is 0 Å². The van der Waals surface area contributed by atoms with E-state index in [-0.39, 0.29) is 36.7 Å². The SMILES string of the molecule is CN[C@H](C(=O)OCCNC(=S)Nc1ccc(-c2nc(N3C[C@H]4CC[C@@H](C3)O4)c3cccn3n2)cc1)C(C)C. The number of ether oxygens (including phenoxy) is 2. The number of thiocarbonyl (C=S) groups is 1. The third-order valence-electron chi connectivity index (χ3n) is 6.98. The molecular formula is C27H35N7O3S. The Kier molecular flexibility index (Phi) is 8.06. The standard InChI is InChI=1S/C27H35N7O3S/c1-17(2)23(28-3)26(35)36-14-12-29-27(38)30-19-8-6-18(7-9-19)24-31-25(22-5-4-13-34(22)32-24)33-15-20-10-11-21(16-33)37-20/h4-9,13,17,20-21,23,28H,10-12,14-16H2,1-3H3,(H2,29,30,38)/t20-,21+,23-/m0/s1. The fraction of sp³-hybridized carbons (Fsp3) is 0.481. The molecule has 10 nitrogen and oxygen atoms in total. The number of carbonyl (C=O) groups is 1. The minimum Gasteiger partial charge on any atom is -0.463 e. The van der Waals surface area contributed by atoms with Gasteiger partial charge in [0.1, 0.15) is 18.2 Å². The van der Waals surface area contributed by atoms with E-state index >= 15 is 0 Å². The van der Waals surface area contributed by atoms with Gasteiger partial charge in [-0.2, -0.15) is 0 Å². The van der Waals surface area contributed by atoms with E-state index in [4.69, 9.17) is 31.8 Å². The molecular weight excluding hydrogens is 502 g/mol. The van der Waals surface area contributed by atoms with Gasteiger partial charge in [0, 0.05) is 30.5 Å². The van der Waals surface area contributed by atoms with Gasteiger partial charge in [-0.05, 0) is 74.4 Å². The third-order valence-corrected chi connectivity index (χ3v) is 7.23. The first kappa shape index (κ1) is 26.3. The number of esters is 1. The van der Waals surface area contributed by atoms with Gasteiger partial charge in [-0.15, -0.1) is 5.10 Å². The van der Waals surface area contributed by atoms with Crippen LogP contribution in [0.2, 0.25) is 0 Å². The summed E-state index contributed by atoms with van der Waals surface area (Å²) < 4.78 is 13.3. The lowest BCUT2D eigenvalue weighted by atomic mass is 10.1. The highest BCUT2D eigenvalue weighted by Gasteiger charge is 2.35. The number of carbonyl (C=O) groups excluding carboxylic acids is 1. The van der Waals surface area contributed by atoms with Crippen LogP contribution in [0.4, 0.5) is 11.5 Å². The maximum Gasteiger partial charge on any atom is 0.323 e. The van der Waals surface area contributed by atoms with Crippen LogP contribution in [0.1, 0.15) is 26.7 Å². The summed E-state index contributed by atoms with van der Waals surface area (Å²) in [5.74, 6) is 1.51. The zero-order valence-electron chi connectivity index (χ0n) is 22.0. The zero-order valence-corrected chi connectivity index (χ0v) is 22.8. The van der Waals surface area contributed by atoms with Crippen LogP contribution >= 0.6 is 12.2 Å². The van der Waals surface area contributed by atoms with Gasteiger partial charge in [-0.25, -0.2) is 9.50 Å². The highest BCUT2D eigenvalue weighted by Crippen LogP contribution is 2.32. The average molecular weight is 538 g/mol. The smallest absolute Gasteiger partial charge is 0.323 e. The monoisotopic (exact) mass is 537 g/mol. The number of fused-ring (bicyclic) bond motifs is 3. The number of morpholine rings is 1. The number of nitrogens with zero attached hydrogens (tertiary/aromatic N) is 4. The molecule has 2 bridgehead atoms. The molecule has 3 atom stereocenters. The lowest BCUT2D eigenvalue weighted by Gasteiger charge is -2.33. The third kappa shape index (κ3) is 5.90. The molecule has 11 heteroatoms. The lowest BCUT2D eigenvalue weighted by Crippen LogP contribution is -2.43. The second kappa shape index (κ2) is 11.6. The molecule has 2 aromatic heterocycles. The first-order valence-corrected chi connectivity index (χ1v) is 13.6. The largest absolute Gasteiger partial charge is 0.463 e. The van der Waals surface area contributed by atoms with Gasteiger partial charge in [-0.1, -0.05) is 13.8 Å². The van der Waals surface area contributed by atoms with Crippen LogP contribution in [-0.2, 0) is 14.3 Å². The van der Waals surface area contributed by atoms with E-state index in [0.29, 0.717) is 17.5 Å². The molecule has 38 heavy (non-hydrogen) atoms. The van der Waals surface area contributed by atoms with Crippen molar-refractivity contribution in [1.82, 2.24) is 25.2 Å². The molecule has 3 N–H and O–H groups in total. The molecule has 202 valence electrons. The Morgan fingerprint density at radius 3 is 2.61 bits per heavy atom. The topological polar surface area (TPSA) is 105 Å². The van der Waals surface area contributed by atoms with Crippen molar-refractivity contribution in [2.24, 2.45) is 5.92 Å². The Bertz CT molecular complexity index is 1270. The molecule has 2 saturated heterocycles. The molecule has 0 aliphatic carbocycles. The second-order valence-corrected chi connectivity index (χ2v) is 10.5. The zero-order chi connectivity index (χ0) is 26.6. The molecule has 0 unspecified atom stereocenters.